The molecule has 0 saturated carbocycles. The molecule has 0 aromatic carbocycles. The number of nitrogens with one attached hydrogen (secondary N) is 1. The number of aromatic amines is 1. The van der Waals surface area contributed by atoms with E-state index in [4.69, 9.17) is 16.4 Å². The Hall–Kier alpha value is -1.07. The number of carbonyl (C=O) groups is 1. The fraction of sp³-hybridized carbons (Fsp3) is 0.692. The number of hydroxylamine groups is 2. The summed E-state index contributed by atoms with van der Waals surface area (Å²) in [4.78, 5) is 24.5. The van der Waals surface area contributed by atoms with Gasteiger partial charge in [-0.2, -0.15) is 0 Å². The van der Waals surface area contributed by atoms with Gasteiger partial charge in [0.1, 0.15) is 11.0 Å². The SMILES string of the molecule is CC(C)(C)C(=O)ON1CCC(c2nc(Cl)c[nH]2)CC1. The second kappa shape index (κ2) is 5.51. The molecule has 0 unspecified atom stereocenters. The Morgan fingerprint density at radius 1 is 1.47 bits per heavy atom. The highest BCUT2D eigenvalue weighted by molar-refractivity contribution is 6.29. The summed E-state index contributed by atoms with van der Waals surface area (Å²) in [6.07, 6.45) is 3.51. The first kappa shape index (κ1) is 14.3. The third-order valence-corrected chi connectivity index (χ3v) is 3.43. The van der Waals surface area contributed by atoms with Gasteiger partial charge in [0.25, 0.3) is 0 Å². The monoisotopic (exact) mass is 285 g/mol. The molecule has 5 nitrogen and oxygen atoms in total. The molecule has 0 radical (unpaired) electrons. The molecule has 0 atom stereocenters. The molecule has 1 saturated heterocycles. The van der Waals surface area contributed by atoms with Crippen molar-refractivity contribution in [1.29, 1.82) is 0 Å². The summed E-state index contributed by atoms with van der Waals surface area (Å²) in [6.45, 7) is 7.02. The van der Waals surface area contributed by atoms with E-state index < -0.39 is 5.41 Å². The molecule has 1 aromatic rings. The van der Waals surface area contributed by atoms with Crippen LogP contribution in [0.5, 0.6) is 0 Å². The standard InChI is InChI=1S/C13H20ClN3O2/c1-13(2,3)12(18)19-17-6-4-9(5-7-17)11-15-8-10(14)16-11/h8-9H,4-7H2,1-3H3,(H,15,16). The van der Waals surface area contributed by atoms with E-state index in [9.17, 15) is 4.79 Å². The van der Waals surface area contributed by atoms with Crippen molar-refractivity contribution in [2.24, 2.45) is 5.41 Å². The first-order chi connectivity index (χ1) is 8.86. The summed E-state index contributed by atoms with van der Waals surface area (Å²) in [5.41, 5.74) is -0.467. The van der Waals surface area contributed by atoms with Gasteiger partial charge in [-0.1, -0.05) is 11.6 Å². The topological polar surface area (TPSA) is 58.2 Å². The zero-order chi connectivity index (χ0) is 14.0. The first-order valence-electron chi connectivity index (χ1n) is 6.54. The minimum atomic E-state index is -0.467. The molecule has 0 spiro atoms. The molecule has 2 heterocycles. The van der Waals surface area contributed by atoms with Crippen LogP contribution in [0.25, 0.3) is 0 Å². The van der Waals surface area contributed by atoms with Gasteiger partial charge in [-0.15, -0.1) is 5.06 Å². The molecule has 0 amide bonds. The van der Waals surface area contributed by atoms with Crippen LogP contribution in [0.3, 0.4) is 0 Å². The molecule has 0 bridgehead atoms. The molecular weight excluding hydrogens is 266 g/mol. The van der Waals surface area contributed by atoms with E-state index in [1.807, 2.05) is 20.8 Å². The molecule has 1 aliphatic heterocycles. The first-order valence-corrected chi connectivity index (χ1v) is 6.92. The number of imidazole rings is 1. The molecule has 1 aliphatic rings. The third kappa shape index (κ3) is 3.70. The van der Waals surface area contributed by atoms with Gasteiger partial charge in [0.15, 0.2) is 0 Å². The maximum atomic E-state index is 11.8. The molecule has 2 rings (SSSR count). The lowest BCUT2D eigenvalue weighted by Crippen LogP contribution is -2.38. The molecule has 1 fully saturated rings. The molecular formula is C13H20ClN3O2. The highest BCUT2D eigenvalue weighted by atomic mass is 35.5. The van der Waals surface area contributed by atoms with Crippen molar-refractivity contribution in [3.05, 3.63) is 17.2 Å². The van der Waals surface area contributed by atoms with Crippen LogP contribution in [-0.4, -0.2) is 34.1 Å². The molecule has 106 valence electrons. The number of piperidine rings is 1. The third-order valence-electron chi connectivity index (χ3n) is 3.23. The van der Waals surface area contributed by atoms with Gasteiger partial charge in [-0.25, -0.2) is 9.78 Å². The Morgan fingerprint density at radius 3 is 2.58 bits per heavy atom. The second-order valence-electron chi connectivity index (χ2n) is 5.94. The van der Waals surface area contributed by atoms with Gasteiger partial charge in [0.05, 0.1) is 5.41 Å². The quantitative estimate of drug-likeness (QED) is 0.908. The summed E-state index contributed by atoms with van der Waals surface area (Å²) in [7, 11) is 0. The number of carbonyl (C=O) groups excluding carboxylic acids is 1. The van der Waals surface area contributed by atoms with Gasteiger partial charge in [-0.3, -0.25) is 0 Å². The van der Waals surface area contributed by atoms with E-state index in [0.717, 1.165) is 31.8 Å². The molecule has 6 heteroatoms. The smallest absolute Gasteiger partial charge is 0.330 e. The van der Waals surface area contributed by atoms with Gasteiger partial charge in [0, 0.05) is 25.2 Å². The van der Waals surface area contributed by atoms with Crippen LogP contribution in [0.4, 0.5) is 0 Å². The molecule has 19 heavy (non-hydrogen) atoms. The van der Waals surface area contributed by atoms with Crippen molar-refractivity contribution in [1.82, 2.24) is 15.0 Å². The Balaban J connectivity index is 1.84. The maximum Gasteiger partial charge on any atom is 0.330 e. The number of rotatable bonds is 2. The van der Waals surface area contributed by atoms with E-state index in [-0.39, 0.29) is 5.97 Å². The summed E-state index contributed by atoms with van der Waals surface area (Å²) < 4.78 is 0. The van der Waals surface area contributed by atoms with E-state index in [2.05, 4.69) is 9.97 Å². The van der Waals surface area contributed by atoms with Crippen molar-refractivity contribution in [2.45, 2.75) is 39.5 Å². The number of H-pyrrole nitrogens is 1. The summed E-state index contributed by atoms with van der Waals surface area (Å²) in [5, 5.41) is 2.24. The van der Waals surface area contributed by atoms with Crippen LogP contribution < -0.4 is 0 Å². The summed E-state index contributed by atoms with van der Waals surface area (Å²) in [6, 6.07) is 0. The van der Waals surface area contributed by atoms with Crippen molar-refractivity contribution in [3.8, 4) is 0 Å². The summed E-state index contributed by atoms with van der Waals surface area (Å²) >= 11 is 5.81. The Kier molecular flexibility index (Phi) is 4.16. The average Bonchev–Trinajstić information content (AvgIpc) is 2.75. The zero-order valence-electron chi connectivity index (χ0n) is 11.6. The van der Waals surface area contributed by atoms with Crippen molar-refractivity contribution in [2.75, 3.05) is 13.1 Å². The number of halogens is 1. The number of hydrogen-bond donors (Lipinski definition) is 1. The van der Waals surface area contributed by atoms with Crippen LogP contribution in [-0.2, 0) is 9.63 Å². The predicted molar refractivity (Wildman–Crippen MR) is 72.7 cm³/mol. The fourth-order valence-corrected chi connectivity index (χ4v) is 2.14. The Morgan fingerprint density at radius 2 is 2.11 bits per heavy atom. The van der Waals surface area contributed by atoms with Crippen LogP contribution in [0.2, 0.25) is 5.15 Å². The fourth-order valence-electron chi connectivity index (χ4n) is 2.00. The number of aromatic nitrogens is 2. The van der Waals surface area contributed by atoms with Crippen LogP contribution in [0.15, 0.2) is 6.20 Å². The molecule has 0 aliphatic carbocycles. The van der Waals surface area contributed by atoms with Crippen molar-refractivity contribution in [3.63, 3.8) is 0 Å². The molecule has 1 aromatic heterocycles. The maximum absolute atomic E-state index is 11.8. The lowest BCUT2D eigenvalue weighted by molar-refractivity contribution is -0.204. The van der Waals surface area contributed by atoms with Gasteiger partial charge < -0.3 is 9.82 Å². The van der Waals surface area contributed by atoms with Crippen molar-refractivity contribution >= 4 is 17.6 Å². The molecule has 1 N–H and O–H groups in total. The van der Waals surface area contributed by atoms with Gasteiger partial charge in [-0.05, 0) is 33.6 Å². The normalized spacial score (nSPS) is 18.5. The number of nitrogens with zero attached hydrogens (tertiary/aromatic N) is 2. The highest BCUT2D eigenvalue weighted by Gasteiger charge is 2.29. The largest absolute Gasteiger partial charge is 0.367 e. The van der Waals surface area contributed by atoms with E-state index in [1.165, 1.54) is 0 Å². The van der Waals surface area contributed by atoms with Crippen LogP contribution >= 0.6 is 11.6 Å². The highest BCUT2D eigenvalue weighted by Crippen LogP contribution is 2.27. The zero-order valence-corrected chi connectivity index (χ0v) is 12.3. The predicted octanol–water partition coefficient (Wildman–Crippen LogP) is 2.75. The van der Waals surface area contributed by atoms with Gasteiger partial charge >= 0.3 is 5.97 Å². The van der Waals surface area contributed by atoms with Gasteiger partial charge in [0.2, 0.25) is 0 Å². The number of hydrogen-bond acceptors (Lipinski definition) is 4. The van der Waals surface area contributed by atoms with E-state index in [1.54, 1.807) is 11.3 Å². The average molecular weight is 286 g/mol. The second-order valence-corrected chi connectivity index (χ2v) is 6.33. The minimum absolute atomic E-state index is 0.188. The lowest BCUT2D eigenvalue weighted by Gasteiger charge is -2.31. The van der Waals surface area contributed by atoms with Crippen LogP contribution in [0, 0.1) is 5.41 Å². The Labute approximate surface area is 118 Å². The van der Waals surface area contributed by atoms with Crippen LogP contribution in [0.1, 0.15) is 45.4 Å². The summed E-state index contributed by atoms with van der Waals surface area (Å²) in [5.74, 6) is 1.09. The van der Waals surface area contributed by atoms with E-state index >= 15 is 0 Å². The van der Waals surface area contributed by atoms with Crippen molar-refractivity contribution < 1.29 is 9.63 Å². The lowest BCUT2D eigenvalue weighted by atomic mass is 9.97. The minimum Gasteiger partial charge on any atom is -0.367 e. The Bertz CT molecular complexity index is 445. The van der Waals surface area contributed by atoms with E-state index in [0.29, 0.717) is 11.1 Å².